The molecule has 1 aromatic carbocycles. The molecule has 25 heavy (non-hydrogen) atoms. The van der Waals surface area contributed by atoms with Gasteiger partial charge in [0.2, 0.25) is 5.91 Å². The summed E-state index contributed by atoms with van der Waals surface area (Å²) in [5.41, 5.74) is 1.81. The number of nitrogens with zero attached hydrogens (tertiary/aromatic N) is 2. The number of rotatable bonds is 8. The van der Waals surface area contributed by atoms with Gasteiger partial charge in [-0.2, -0.15) is 0 Å². The zero-order chi connectivity index (χ0) is 18.2. The summed E-state index contributed by atoms with van der Waals surface area (Å²) in [7, 11) is 1.30. The number of hydrogen-bond donors (Lipinski definition) is 1. The second kappa shape index (κ2) is 9.59. The van der Waals surface area contributed by atoms with E-state index in [4.69, 9.17) is 4.74 Å². The number of anilines is 1. The summed E-state index contributed by atoms with van der Waals surface area (Å²) in [5.74, 6) is 0.249. The van der Waals surface area contributed by atoms with Crippen molar-refractivity contribution in [3.63, 3.8) is 0 Å². The largest absolute Gasteiger partial charge is 0.465 e. The van der Waals surface area contributed by atoms with Gasteiger partial charge in [-0.15, -0.1) is 10.2 Å². The molecule has 0 aliphatic heterocycles. The normalized spacial score (nSPS) is 10.3. The topological polar surface area (TPSA) is 81.2 Å². The molecule has 1 N–H and O–H groups in total. The highest BCUT2D eigenvalue weighted by Gasteiger charge is 2.14. The summed E-state index contributed by atoms with van der Waals surface area (Å²) < 4.78 is 6.28. The van der Waals surface area contributed by atoms with Gasteiger partial charge in [0.05, 0.1) is 24.1 Å². The van der Waals surface area contributed by atoms with E-state index >= 15 is 0 Å². The number of aromatic nitrogens is 2. The molecule has 0 atom stereocenters. The number of ether oxygens (including phenoxy) is 1. The van der Waals surface area contributed by atoms with E-state index in [-0.39, 0.29) is 11.7 Å². The first-order valence-electron chi connectivity index (χ1n) is 7.20. The SMILES string of the molecule is C=C(C)CSc1nnc(SCC(=O)Nc2ccccc2C(=O)OC)s1. The van der Waals surface area contributed by atoms with Crippen LogP contribution in [0.2, 0.25) is 0 Å². The van der Waals surface area contributed by atoms with Gasteiger partial charge >= 0.3 is 5.97 Å². The first-order chi connectivity index (χ1) is 12.0. The molecule has 0 saturated heterocycles. The molecule has 1 heterocycles. The van der Waals surface area contributed by atoms with Crippen molar-refractivity contribution in [2.75, 3.05) is 23.9 Å². The molecule has 2 aromatic rings. The van der Waals surface area contributed by atoms with E-state index in [1.54, 1.807) is 36.0 Å². The molecule has 1 aromatic heterocycles. The Kier molecular flexibility index (Phi) is 7.48. The van der Waals surface area contributed by atoms with Crippen LogP contribution < -0.4 is 5.32 Å². The first-order valence-corrected chi connectivity index (χ1v) is 9.99. The van der Waals surface area contributed by atoms with E-state index in [1.165, 1.54) is 30.2 Å². The van der Waals surface area contributed by atoms with Gasteiger partial charge in [0.1, 0.15) is 0 Å². The highest BCUT2D eigenvalue weighted by Crippen LogP contribution is 2.29. The lowest BCUT2D eigenvalue weighted by molar-refractivity contribution is -0.113. The second-order valence-electron chi connectivity index (χ2n) is 4.95. The minimum Gasteiger partial charge on any atom is -0.465 e. The number of hydrogen-bond acceptors (Lipinski definition) is 8. The second-order valence-corrected chi connectivity index (χ2v) is 8.38. The summed E-state index contributed by atoms with van der Waals surface area (Å²) in [6.07, 6.45) is 0. The van der Waals surface area contributed by atoms with Crippen LogP contribution in [-0.2, 0) is 9.53 Å². The molecule has 0 radical (unpaired) electrons. The van der Waals surface area contributed by atoms with Crippen LogP contribution in [0.1, 0.15) is 17.3 Å². The fourth-order valence-corrected chi connectivity index (χ4v) is 4.36. The van der Waals surface area contributed by atoms with Crippen molar-refractivity contribution in [3.05, 3.63) is 42.0 Å². The average molecular weight is 396 g/mol. The molecule has 0 unspecified atom stereocenters. The van der Waals surface area contributed by atoms with Gasteiger partial charge in [-0.1, -0.05) is 59.1 Å². The number of esters is 1. The third kappa shape index (κ3) is 6.18. The van der Waals surface area contributed by atoms with Crippen LogP contribution in [0.25, 0.3) is 0 Å². The molecule has 9 heteroatoms. The number of para-hydroxylation sites is 1. The Bertz CT molecular complexity index is 777. The lowest BCUT2D eigenvalue weighted by atomic mass is 10.2. The predicted octanol–water partition coefficient (Wildman–Crippen LogP) is 3.72. The third-order valence-corrected chi connectivity index (χ3v) is 6.18. The van der Waals surface area contributed by atoms with Crippen LogP contribution in [0.3, 0.4) is 0 Å². The van der Waals surface area contributed by atoms with Crippen LogP contribution in [-0.4, -0.2) is 40.7 Å². The molecular weight excluding hydrogens is 378 g/mol. The van der Waals surface area contributed by atoms with Crippen molar-refractivity contribution in [1.29, 1.82) is 0 Å². The summed E-state index contributed by atoms with van der Waals surface area (Å²) in [4.78, 5) is 23.8. The Labute approximate surface area is 158 Å². The maximum absolute atomic E-state index is 12.1. The smallest absolute Gasteiger partial charge is 0.339 e. The molecular formula is C16H17N3O3S3. The van der Waals surface area contributed by atoms with Crippen molar-refractivity contribution in [2.45, 2.75) is 15.6 Å². The molecule has 0 saturated carbocycles. The van der Waals surface area contributed by atoms with E-state index < -0.39 is 5.97 Å². The van der Waals surface area contributed by atoms with Gasteiger partial charge < -0.3 is 10.1 Å². The third-order valence-electron chi connectivity index (χ3n) is 2.76. The quantitative estimate of drug-likeness (QED) is 0.414. The fourth-order valence-electron chi connectivity index (χ4n) is 1.69. The number of methoxy groups -OCH3 is 1. The number of nitrogens with one attached hydrogen (secondary N) is 1. The lowest BCUT2D eigenvalue weighted by Crippen LogP contribution is -2.17. The number of benzene rings is 1. The summed E-state index contributed by atoms with van der Waals surface area (Å²) in [6.45, 7) is 5.81. The van der Waals surface area contributed by atoms with Crippen molar-refractivity contribution in [2.24, 2.45) is 0 Å². The summed E-state index contributed by atoms with van der Waals surface area (Å²) in [5, 5.41) is 10.9. The van der Waals surface area contributed by atoms with Gasteiger partial charge in [-0.05, 0) is 19.1 Å². The van der Waals surface area contributed by atoms with Gasteiger partial charge in [-0.3, -0.25) is 4.79 Å². The Hall–Kier alpha value is -1.84. The van der Waals surface area contributed by atoms with Crippen molar-refractivity contribution >= 4 is 52.4 Å². The first kappa shape index (κ1) is 19.5. The van der Waals surface area contributed by atoms with Gasteiger partial charge in [0.25, 0.3) is 0 Å². The zero-order valence-corrected chi connectivity index (χ0v) is 16.2. The van der Waals surface area contributed by atoms with Gasteiger partial charge in [0.15, 0.2) is 8.68 Å². The average Bonchev–Trinajstić information content (AvgIpc) is 3.06. The Morgan fingerprint density at radius 2 is 1.84 bits per heavy atom. The van der Waals surface area contributed by atoms with Crippen LogP contribution >= 0.6 is 34.9 Å². The van der Waals surface area contributed by atoms with Gasteiger partial charge in [0, 0.05) is 5.75 Å². The number of amides is 1. The molecule has 0 aliphatic rings. The van der Waals surface area contributed by atoms with E-state index in [0.29, 0.717) is 11.3 Å². The minimum absolute atomic E-state index is 0.176. The van der Waals surface area contributed by atoms with E-state index in [9.17, 15) is 9.59 Å². The van der Waals surface area contributed by atoms with E-state index in [0.717, 1.165) is 20.0 Å². The zero-order valence-electron chi connectivity index (χ0n) is 13.8. The van der Waals surface area contributed by atoms with Crippen LogP contribution in [0.15, 0.2) is 45.1 Å². The van der Waals surface area contributed by atoms with E-state index in [1.807, 2.05) is 6.92 Å². The van der Waals surface area contributed by atoms with Crippen LogP contribution in [0.5, 0.6) is 0 Å². The van der Waals surface area contributed by atoms with Crippen LogP contribution in [0.4, 0.5) is 5.69 Å². The molecule has 132 valence electrons. The Balaban J connectivity index is 1.89. The fraction of sp³-hybridized carbons (Fsp3) is 0.250. The molecule has 0 fully saturated rings. The number of thioether (sulfide) groups is 2. The molecule has 0 spiro atoms. The molecule has 1 amide bonds. The van der Waals surface area contributed by atoms with Crippen molar-refractivity contribution in [3.8, 4) is 0 Å². The van der Waals surface area contributed by atoms with Crippen molar-refractivity contribution in [1.82, 2.24) is 10.2 Å². The van der Waals surface area contributed by atoms with E-state index in [2.05, 4.69) is 22.1 Å². The molecule has 0 aliphatic carbocycles. The number of carbonyl (C=O) groups excluding carboxylic acids is 2. The molecule has 6 nitrogen and oxygen atoms in total. The standard InChI is InChI=1S/C16H17N3O3S3/c1-10(2)8-23-15-18-19-16(25-15)24-9-13(20)17-12-7-5-4-6-11(12)14(21)22-3/h4-7H,1,8-9H2,2-3H3,(H,17,20). The Morgan fingerprint density at radius 3 is 2.48 bits per heavy atom. The monoisotopic (exact) mass is 395 g/mol. The summed E-state index contributed by atoms with van der Waals surface area (Å²) >= 11 is 4.32. The maximum atomic E-state index is 12.1. The highest BCUT2D eigenvalue weighted by molar-refractivity contribution is 8.03. The van der Waals surface area contributed by atoms with Crippen LogP contribution in [0, 0.1) is 0 Å². The molecule has 0 bridgehead atoms. The van der Waals surface area contributed by atoms with Gasteiger partial charge in [-0.25, -0.2) is 4.79 Å². The summed E-state index contributed by atoms with van der Waals surface area (Å²) in [6, 6.07) is 6.71. The molecule has 2 rings (SSSR count). The highest BCUT2D eigenvalue weighted by atomic mass is 32.2. The lowest BCUT2D eigenvalue weighted by Gasteiger charge is -2.08. The Morgan fingerprint density at radius 1 is 1.20 bits per heavy atom. The maximum Gasteiger partial charge on any atom is 0.339 e. The minimum atomic E-state index is -0.494. The number of carbonyl (C=O) groups is 2. The van der Waals surface area contributed by atoms with Crippen molar-refractivity contribution < 1.29 is 14.3 Å². The predicted molar refractivity (Wildman–Crippen MR) is 103 cm³/mol.